The van der Waals surface area contributed by atoms with Crippen molar-refractivity contribution in [3.8, 4) is 11.5 Å². The van der Waals surface area contributed by atoms with Gasteiger partial charge >= 0.3 is 0 Å². The zero-order valence-corrected chi connectivity index (χ0v) is 13.4. The molecule has 0 aliphatic heterocycles. The molecule has 0 saturated heterocycles. The van der Waals surface area contributed by atoms with Crippen molar-refractivity contribution in [3.05, 3.63) is 52.8 Å². The van der Waals surface area contributed by atoms with Gasteiger partial charge in [0.1, 0.15) is 11.5 Å². The molecule has 0 atom stereocenters. The zero-order chi connectivity index (χ0) is 15.2. The number of pyridine rings is 1. The summed E-state index contributed by atoms with van der Waals surface area (Å²) in [6.07, 6.45) is 3.53. The first-order valence-corrected chi connectivity index (χ1v) is 7.51. The van der Waals surface area contributed by atoms with Gasteiger partial charge in [-0.05, 0) is 49.2 Å². The maximum Gasteiger partial charge on any atom is 0.150 e. The van der Waals surface area contributed by atoms with E-state index in [1.54, 1.807) is 12.4 Å². The van der Waals surface area contributed by atoms with Crippen LogP contribution in [0.5, 0.6) is 11.5 Å². The lowest BCUT2D eigenvalue weighted by Crippen LogP contribution is -2.19. The van der Waals surface area contributed by atoms with Gasteiger partial charge in [-0.2, -0.15) is 0 Å². The minimum Gasteiger partial charge on any atom is -0.455 e. The second-order valence-electron chi connectivity index (χ2n) is 5.52. The van der Waals surface area contributed by atoms with E-state index in [-0.39, 0.29) is 0 Å². The standard InChI is InChI=1S/C17H21ClN2O/c1-12(2)9-20-10-14-6-7-19-11-17(14)21-15-4-5-16(18)13(3)8-15/h4-8,11-12,20H,9-10H2,1-3H3. The number of ether oxygens (including phenoxy) is 1. The van der Waals surface area contributed by atoms with Crippen molar-refractivity contribution in [1.29, 1.82) is 0 Å². The molecule has 0 spiro atoms. The first-order chi connectivity index (χ1) is 10.1. The molecule has 0 aliphatic rings. The number of nitrogens with one attached hydrogen (secondary N) is 1. The van der Waals surface area contributed by atoms with Crippen LogP contribution < -0.4 is 10.1 Å². The molecule has 112 valence electrons. The Kier molecular flexibility index (Phi) is 5.59. The molecule has 4 heteroatoms. The Bertz CT molecular complexity index is 599. The molecule has 3 nitrogen and oxygen atoms in total. The van der Waals surface area contributed by atoms with Crippen LogP contribution in [0, 0.1) is 12.8 Å². The van der Waals surface area contributed by atoms with Crippen molar-refractivity contribution in [2.45, 2.75) is 27.3 Å². The molecule has 1 aromatic carbocycles. The van der Waals surface area contributed by atoms with Crippen molar-refractivity contribution in [2.24, 2.45) is 5.92 Å². The largest absolute Gasteiger partial charge is 0.455 e. The molecular formula is C17H21ClN2O. The third kappa shape index (κ3) is 4.73. The normalized spacial score (nSPS) is 10.9. The molecule has 0 saturated carbocycles. The number of nitrogens with zero attached hydrogens (tertiary/aromatic N) is 1. The fraction of sp³-hybridized carbons (Fsp3) is 0.353. The minimum atomic E-state index is 0.620. The van der Waals surface area contributed by atoms with Crippen LogP contribution in [0.4, 0.5) is 0 Å². The monoisotopic (exact) mass is 304 g/mol. The number of aryl methyl sites for hydroxylation is 1. The summed E-state index contributed by atoms with van der Waals surface area (Å²) in [5.74, 6) is 2.17. The quantitative estimate of drug-likeness (QED) is 0.848. The molecule has 2 aromatic rings. The van der Waals surface area contributed by atoms with E-state index >= 15 is 0 Å². The van der Waals surface area contributed by atoms with Crippen LogP contribution in [0.2, 0.25) is 5.02 Å². The van der Waals surface area contributed by atoms with Gasteiger partial charge in [0.15, 0.2) is 0 Å². The highest BCUT2D eigenvalue weighted by molar-refractivity contribution is 6.31. The van der Waals surface area contributed by atoms with E-state index in [1.807, 2.05) is 31.2 Å². The Labute approximate surface area is 131 Å². The Morgan fingerprint density at radius 2 is 2.10 bits per heavy atom. The molecule has 1 aromatic heterocycles. The van der Waals surface area contributed by atoms with Crippen molar-refractivity contribution in [1.82, 2.24) is 10.3 Å². The van der Waals surface area contributed by atoms with Gasteiger partial charge in [-0.1, -0.05) is 25.4 Å². The van der Waals surface area contributed by atoms with Crippen LogP contribution in [0.25, 0.3) is 0 Å². The topological polar surface area (TPSA) is 34.1 Å². The number of halogens is 1. The van der Waals surface area contributed by atoms with Gasteiger partial charge < -0.3 is 10.1 Å². The van der Waals surface area contributed by atoms with E-state index in [1.165, 1.54) is 0 Å². The minimum absolute atomic E-state index is 0.620. The molecule has 2 rings (SSSR count). The second kappa shape index (κ2) is 7.43. The molecule has 1 N–H and O–H groups in total. The average molecular weight is 305 g/mol. The second-order valence-corrected chi connectivity index (χ2v) is 5.93. The number of hydrogen-bond donors (Lipinski definition) is 1. The summed E-state index contributed by atoms with van der Waals surface area (Å²) in [5.41, 5.74) is 2.09. The van der Waals surface area contributed by atoms with Crippen molar-refractivity contribution in [3.63, 3.8) is 0 Å². The summed E-state index contributed by atoms with van der Waals surface area (Å²) in [5, 5.41) is 4.16. The van der Waals surface area contributed by atoms with E-state index in [4.69, 9.17) is 16.3 Å². The summed E-state index contributed by atoms with van der Waals surface area (Å²) >= 11 is 6.04. The van der Waals surface area contributed by atoms with Gasteiger partial charge in [0.05, 0.1) is 6.20 Å². The maximum absolute atomic E-state index is 6.04. The van der Waals surface area contributed by atoms with Crippen molar-refractivity contribution < 1.29 is 4.74 Å². The summed E-state index contributed by atoms with van der Waals surface area (Å²) in [6, 6.07) is 7.62. The first-order valence-electron chi connectivity index (χ1n) is 7.14. The summed E-state index contributed by atoms with van der Waals surface area (Å²) in [4.78, 5) is 4.15. The molecule has 0 fully saturated rings. The van der Waals surface area contributed by atoms with Gasteiger partial charge in [0.25, 0.3) is 0 Å². The van der Waals surface area contributed by atoms with Crippen LogP contribution in [-0.4, -0.2) is 11.5 Å². The van der Waals surface area contributed by atoms with Crippen LogP contribution in [-0.2, 0) is 6.54 Å². The number of benzene rings is 1. The van der Waals surface area contributed by atoms with Gasteiger partial charge in [-0.25, -0.2) is 0 Å². The fourth-order valence-electron chi connectivity index (χ4n) is 1.95. The Balaban J connectivity index is 2.10. The van der Waals surface area contributed by atoms with Crippen molar-refractivity contribution in [2.75, 3.05) is 6.54 Å². The lowest BCUT2D eigenvalue weighted by molar-refractivity contribution is 0.466. The number of rotatable bonds is 6. The predicted molar refractivity (Wildman–Crippen MR) is 87.0 cm³/mol. The Hall–Kier alpha value is -1.58. The summed E-state index contributed by atoms with van der Waals surface area (Å²) < 4.78 is 5.94. The lowest BCUT2D eigenvalue weighted by atomic mass is 10.2. The first kappa shape index (κ1) is 15.8. The van der Waals surface area contributed by atoms with Crippen LogP contribution in [0.3, 0.4) is 0 Å². The van der Waals surface area contributed by atoms with E-state index in [2.05, 4.69) is 24.1 Å². The molecule has 0 amide bonds. The molecule has 0 unspecified atom stereocenters. The smallest absolute Gasteiger partial charge is 0.150 e. The highest BCUT2D eigenvalue weighted by atomic mass is 35.5. The van der Waals surface area contributed by atoms with Crippen LogP contribution in [0.1, 0.15) is 25.0 Å². The van der Waals surface area contributed by atoms with E-state index in [0.29, 0.717) is 5.92 Å². The number of aromatic nitrogens is 1. The maximum atomic E-state index is 6.04. The van der Waals surface area contributed by atoms with E-state index in [0.717, 1.165) is 40.7 Å². The van der Waals surface area contributed by atoms with Crippen LogP contribution >= 0.6 is 11.6 Å². The molecular weight excluding hydrogens is 284 g/mol. The van der Waals surface area contributed by atoms with Gasteiger partial charge in [-0.15, -0.1) is 0 Å². The molecule has 1 heterocycles. The summed E-state index contributed by atoms with van der Waals surface area (Å²) in [6.45, 7) is 8.08. The molecule has 0 radical (unpaired) electrons. The van der Waals surface area contributed by atoms with Crippen LogP contribution in [0.15, 0.2) is 36.7 Å². The van der Waals surface area contributed by atoms with E-state index in [9.17, 15) is 0 Å². The lowest BCUT2D eigenvalue weighted by Gasteiger charge is -2.13. The average Bonchev–Trinajstić information content (AvgIpc) is 2.44. The van der Waals surface area contributed by atoms with Gasteiger partial charge in [-0.3, -0.25) is 4.98 Å². The Morgan fingerprint density at radius 3 is 2.81 bits per heavy atom. The molecule has 0 aliphatic carbocycles. The van der Waals surface area contributed by atoms with Crippen molar-refractivity contribution >= 4 is 11.6 Å². The third-order valence-corrected chi connectivity index (χ3v) is 3.52. The zero-order valence-electron chi connectivity index (χ0n) is 12.7. The third-order valence-electron chi connectivity index (χ3n) is 3.10. The van der Waals surface area contributed by atoms with E-state index < -0.39 is 0 Å². The molecule has 21 heavy (non-hydrogen) atoms. The number of hydrogen-bond acceptors (Lipinski definition) is 3. The highest BCUT2D eigenvalue weighted by Crippen LogP contribution is 2.27. The molecule has 0 bridgehead atoms. The SMILES string of the molecule is Cc1cc(Oc2cnccc2CNCC(C)C)ccc1Cl. The summed E-state index contributed by atoms with van der Waals surface area (Å²) in [7, 11) is 0. The fourth-order valence-corrected chi connectivity index (χ4v) is 2.07. The van der Waals surface area contributed by atoms with Gasteiger partial charge in [0.2, 0.25) is 0 Å². The predicted octanol–water partition coefficient (Wildman–Crippen LogP) is 4.58. The van der Waals surface area contributed by atoms with Gasteiger partial charge in [0, 0.05) is 23.3 Å². The Morgan fingerprint density at radius 1 is 1.29 bits per heavy atom. The highest BCUT2D eigenvalue weighted by Gasteiger charge is 2.06.